The van der Waals surface area contributed by atoms with Gasteiger partial charge >= 0.3 is 6.18 Å². The molecule has 5 nitrogen and oxygen atoms in total. The molecular weight excluding hydrogens is 427 g/mol. The van der Waals surface area contributed by atoms with Crippen molar-refractivity contribution in [1.82, 2.24) is 4.98 Å². The van der Waals surface area contributed by atoms with Crippen LogP contribution in [0.3, 0.4) is 0 Å². The van der Waals surface area contributed by atoms with E-state index in [1.807, 2.05) is 24.3 Å². The average molecular weight is 445 g/mol. The molecule has 2 aromatic carbocycles. The molecule has 1 amide bonds. The van der Waals surface area contributed by atoms with Gasteiger partial charge in [-0.05, 0) is 24.1 Å². The van der Waals surface area contributed by atoms with Gasteiger partial charge in [0.2, 0.25) is 0 Å². The van der Waals surface area contributed by atoms with E-state index < -0.39 is 22.7 Å². The third-order valence-electron chi connectivity index (χ3n) is 4.07. The summed E-state index contributed by atoms with van der Waals surface area (Å²) in [4.78, 5) is 20.6. The molecule has 9 heteroatoms. The van der Waals surface area contributed by atoms with Crippen LogP contribution in [0.15, 0.2) is 66.3 Å². The van der Waals surface area contributed by atoms with Gasteiger partial charge in [0.1, 0.15) is 11.5 Å². The van der Waals surface area contributed by atoms with E-state index in [0.717, 1.165) is 11.1 Å². The van der Waals surface area contributed by atoms with Crippen molar-refractivity contribution in [3.8, 4) is 11.1 Å². The largest absolute Gasteiger partial charge is 0.435 e. The molecule has 31 heavy (non-hydrogen) atoms. The Labute approximate surface area is 180 Å². The zero-order chi connectivity index (χ0) is 22.4. The van der Waals surface area contributed by atoms with Crippen molar-refractivity contribution in [2.75, 3.05) is 11.9 Å². The quantitative estimate of drug-likeness (QED) is 0.212. The lowest BCUT2D eigenvalue weighted by atomic mass is 10.0. The first kappa shape index (κ1) is 22.2. The predicted octanol–water partition coefficient (Wildman–Crippen LogP) is 5.93. The Morgan fingerprint density at radius 2 is 1.94 bits per heavy atom. The Morgan fingerprint density at radius 3 is 2.61 bits per heavy atom. The number of aromatic nitrogens is 1. The van der Waals surface area contributed by atoms with Gasteiger partial charge in [-0.3, -0.25) is 4.79 Å². The summed E-state index contributed by atoms with van der Waals surface area (Å²) in [6.45, 7) is 5.26. The number of nitrogens with zero attached hydrogens (tertiary/aromatic N) is 2. The number of benzene rings is 2. The molecular formula is C22H18F3N3O2S. The smallest absolute Gasteiger partial charge is 0.392 e. The first-order chi connectivity index (χ1) is 14.8. The zero-order valence-electron chi connectivity index (χ0n) is 16.4. The molecule has 0 fully saturated rings. The van der Waals surface area contributed by atoms with E-state index in [-0.39, 0.29) is 5.01 Å². The van der Waals surface area contributed by atoms with Crippen molar-refractivity contribution < 1.29 is 22.8 Å². The van der Waals surface area contributed by atoms with Gasteiger partial charge < -0.3 is 10.2 Å². The fourth-order valence-electron chi connectivity index (χ4n) is 2.74. The summed E-state index contributed by atoms with van der Waals surface area (Å²) < 4.78 is 39.6. The molecule has 160 valence electrons. The third-order valence-corrected chi connectivity index (χ3v) is 5.04. The maximum atomic E-state index is 13.2. The number of anilines is 1. The molecule has 0 atom stereocenters. The molecule has 0 unspecified atom stereocenters. The highest BCUT2D eigenvalue weighted by Gasteiger charge is 2.39. The molecule has 0 aliphatic carbocycles. The Balaban J connectivity index is 1.84. The maximum absolute atomic E-state index is 13.2. The Hall–Kier alpha value is -3.46. The maximum Gasteiger partial charge on any atom is 0.435 e. The van der Waals surface area contributed by atoms with Crippen molar-refractivity contribution in [2.45, 2.75) is 13.1 Å². The van der Waals surface area contributed by atoms with E-state index in [1.165, 1.54) is 6.92 Å². The molecule has 0 radical (unpaired) electrons. The van der Waals surface area contributed by atoms with Gasteiger partial charge in [0, 0.05) is 11.3 Å². The lowest BCUT2D eigenvalue weighted by Crippen LogP contribution is -2.17. The fraction of sp³-hybridized carbons (Fsp3) is 0.136. The minimum Gasteiger partial charge on any atom is -0.392 e. The van der Waals surface area contributed by atoms with Crippen LogP contribution in [0.2, 0.25) is 0 Å². The number of rotatable bonds is 7. The Kier molecular flexibility index (Phi) is 6.86. The fourth-order valence-corrected chi connectivity index (χ4v) is 3.57. The number of para-hydroxylation sites is 1. The number of hydrogen-bond acceptors (Lipinski definition) is 5. The van der Waals surface area contributed by atoms with Crippen LogP contribution in [0.25, 0.3) is 11.1 Å². The zero-order valence-corrected chi connectivity index (χ0v) is 17.3. The second kappa shape index (κ2) is 9.57. The average Bonchev–Trinajstić information content (AvgIpc) is 3.15. The highest BCUT2D eigenvalue weighted by atomic mass is 32.1. The van der Waals surface area contributed by atoms with Crippen molar-refractivity contribution in [3.05, 3.63) is 82.3 Å². The van der Waals surface area contributed by atoms with E-state index in [1.54, 1.807) is 36.6 Å². The van der Waals surface area contributed by atoms with Gasteiger partial charge in [-0.1, -0.05) is 60.3 Å². The van der Waals surface area contributed by atoms with Gasteiger partial charge in [-0.2, -0.15) is 13.2 Å². The van der Waals surface area contributed by atoms with Crippen LogP contribution in [0.4, 0.5) is 18.9 Å². The molecule has 0 aliphatic heterocycles. The monoisotopic (exact) mass is 445 g/mol. The standard InChI is InChI=1S/C22H18F3N3O2S/c1-3-12-30-26-13-15-8-10-16(11-9-15)17-6-4-5-7-18(17)28-21(29)19-20(22(23,24)25)27-14(2)31-19/h3-11,13H,1,12H2,2H3,(H,28,29)/b26-13-. The van der Waals surface area contributed by atoms with Crippen LogP contribution in [-0.2, 0) is 11.0 Å². The second-order valence-electron chi connectivity index (χ2n) is 6.35. The third kappa shape index (κ3) is 5.58. The van der Waals surface area contributed by atoms with Crippen molar-refractivity contribution in [2.24, 2.45) is 5.16 Å². The van der Waals surface area contributed by atoms with Gasteiger partial charge in [0.15, 0.2) is 5.69 Å². The number of nitrogens with one attached hydrogen (secondary N) is 1. The molecule has 0 spiro atoms. The van der Waals surface area contributed by atoms with Crippen LogP contribution < -0.4 is 5.32 Å². The molecule has 3 aromatic rings. The first-order valence-electron chi connectivity index (χ1n) is 9.11. The molecule has 0 saturated heterocycles. The molecule has 1 aromatic heterocycles. The lowest BCUT2D eigenvalue weighted by molar-refractivity contribution is -0.141. The van der Waals surface area contributed by atoms with Crippen LogP contribution >= 0.6 is 11.3 Å². The summed E-state index contributed by atoms with van der Waals surface area (Å²) in [5.74, 6) is -0.853. The highest BCUT2D eigenvalue weighted by Crippen LogP contribution is 2.35. The predicted molar refractivity (Wildman–Crippen MR) is 115 cm³/mol. The van der Waals surface area contributed by atoms with Crippen LogP contribution in [0.5, 0.6) is 0 Å². The van der Waals surface area contributed by atoms with E-state index in [4.69, 9.17) is 4.84 Å². The molecule has 0 saturated carbocycles. The number of carbonyl (C=O) groups is 1. The minimum absolute atomic E-state index is 0.167. The summed E-state index contributed by atoms with van der Waals surface area (Å²) in [6.07, 6.45) is -1.58. The first-order valence-corrected chi connectivity index (χ1v) is 9.93. The highest BCUT2D eigenvalue weighted by molar-refractivity contribution is 7.13. The number of thiazole rings is 1. The van der Waals surface area contributed by atoms with E-state index in [9.17, 15) is 18.0 Å². The van der Waals surface area contributed by atoms with Gasteiger partial charge in [-0.25, -0.2) is 4.98 Å². The number of alkyl halides is 3. The summed E-state index contributed by atoms with van der Waals surface area (Å²) in [7, 11) is 0. The van der Waals surface area contributed by atoms with Crippen LogP contribution in [-0.4, -0.2) is 23.7 Å². The molecule has 3 rings (SSSR count). The lowest BCUT2D eigenvalue weighted by Gasteiger charge is -2.12. The SMILES string of the molecule is C=CCO/N=C\c1ccc(-c2ccccc2NC(=O)c2sc(C)nc2C(F)(F)F)cc1. The number of aryl methyl sites for hydroxylation is 1. The normalized spacial score (nSPS) is 11.5. The van der Waals surface area contributed by atoms with Gasteiger partial charge in [-0.15, -0.1) is 11.3 Å². The molecule has 1 heterocycles. The molecule has 0 bridgehead atoms. The van der Waals surface area contributed by atoms with Gasteiger partial charge in [0.25, 0.3) is 5.91 Å². The number of hydrogen-bond donors (Lipinski definition) is 1. The number of halogens is 3. The van der Waals surface area contributed by atoms with Crippen LogP contribution in [0, 0.1) is 6.92 Å². The van der Waals surface area contributed by atoms with E-state index in [2.05, 4.69) is 22.0 Å². The summed E-state index contributed by atoms with van der Waals surface area (Å²) in [5.41, 5.74) is 1.45. The van der Waals surface area contributed by atoms with E-state index >= 15 is 0 Å². The van der Waals surface area contributed by atoms with Crippen LogP contribution in [0.1, 0.15) is 25.9 Å². The number of carbonyl (C=O) groups excluding carboxylic acids is 1. The molecule has 1 N–H and O–H groups in total. The van der Waals surface area contributed by atoms with E-state index in [0.29, 0.717) is 29.2 Å². The Morgan fingerprint density at radius 1 is 1.23 bits per heavy atom. The number of amides is 1. The van der Waals surface area contributed by atoms with Crippen molar-refractivity contribution in [3.63, 3.8) is 0 Å². The summed E-state index contributed by atoms with van der Waals surface area (Å²) in [5, 5.41) is 6.56. The van der Waals surface area contributed by atoms with Crippen molar-refractivity contribution in [1.29, 1.82) is 0 Å². The summed E-state index contributed by atoms with van der Waals surface area (Å²) in [6, 6.07) is 14.1. The second-order valence-corrected chi connectivity index (χ2v) is 7.55. The number of oxime groups is 1. The molecule has 0 aliphatic rings. The topological polar surface area (TPSA) is 63.6 Å². The van der Waals surface area contributed by atoms with Crippen molar-refractivity contribution >= 4 is 29.1 Å². The van der Waals surface area contributed by atoms with Gasteiger partial charge in [0.05, 0.1) is 11.2 Å². The minimum atomic E-state index is -4.70. The summed E-state index contributed by atoms with van der Waals surface area (Å²) >= 11 is 0.707. The Bertz CT molecular complexity index is 1110.